The van der Waals surface area contributed by atoms with Gasteiger partial charge in [-0.05, 0) is 22.9 Å². The minimum Gasteiger partial charge on any atom is -0.478 e. The number of hydrogen-bond donors (Lipinski definition) is 1. The van der Waals surface area contributed by atoms with Gasteiger partial charge >= 0.3 is 5.97 Å². The molecular weight excluding hydrogens is 192 g/mol. The van der Waals surface area contributed by atoms with E-state index in [9.17, 15) is 9.59 Å². The Morgan fingerprint density at radius 3 is 2.67 bits per heavy atom. The number of carbonyl (C=O) groups is 2. The summed E-state index contributed by atoms with van der Waals surface area (Å²) in [7, 11) is 0. The van der Waals surface area contributed by atoms with E-state index in [1.54, 1.807) is 36.4 Å². The highest BCUT2D eigenvalue weighted by molar-refractivity contribution is 6.04. The molecule has 2 rings (SSSR count). The maximum absolute atomic E-state index is 10.9. The molecule has 2 aromatic carbocycles. The predicted molar refractivity (Wildman–Crippen MR) is 56.3 cm³/mol. The summed E-state index contributed by atoms with van der Waals surface area (Å²) in [5.74, 6) is -0.959. The first kappa shape index (κ1) is 9.40. The lowest BCUT2D eigenvalue weighted by Gasteiger charge is -2.02. The van der Waals surface area contributed by atoms with Crippen LogP contribution in [0.25, 0.3) is 10.8 Å². The van der Waals surface area contributed by atoms with E-state index in [-0.39, 0.29) is 5.56 Å². The van der Waals surface area contributed by atoms with Crippen molar-refractivity contribution in [3.05, 3.63) is 47.5 Å². The third kappa shape index (κ3) is 1.59. The van der Waals surface area contributed by atoms with Crippen LogP contribution in [0, 0.1) is 0 Å². The Bertz CT molecular complexity index is 544. The van der Waals surface area contributed by atoms with Gasteiger partial charge in [0.25, 0.3) is 0 Å². The highest BCUT2D eigenvalue weighted by atomic mass is 16.4. The Kier molecular flexibility index (Phi) is 2.21. The molecule has 1 N–H and O–H groups in total. The first-order valence-electron chi connectivity index (χ1n) is 4.43. The summed E-state index contributed by atoms with van der Waals surface area (Å²) in [4.78, 5) is 21.5. The maximum atomic E-state index is 10.9. The number of benzene rings is 2. The van der Waals surface area contributed by atoms with Gasteiger partial charge in [0.15, 0.2) is 0 Å². The van der Waals surface area contributed by atoms with Crippen LogP contribution >= 0.6 is 0 Å². The fourth-order valence-electron chi connectivity index (χ4n) is 1.56. The number of fused-ring (bicyclic) bond motifs is 1. The molecule has 3 heteroatoms. The molecule has 0 atom stereocenters. The third-order valence-corrected chi connectivity index (χ3v) is 2.27. The number of carboxylic acids is 1. The molecule has 0 aliphatic heterocycles. The Hall–Kier alpha value is -2.16. The van der Waals surface area contributed by atoms with Crippen molar-refractivity contribution in [2.45, 2.75) is 0 Å². The van der Waals surface area contributed by atoms with Gasteiger partial charge in [-0.3, -0.25) is 4.79 Å². The predicted octanol–water partition coefficient (Wildman–Crippen LogP) is 2.35. The van der Waals surface area contributed by atoms with Crippen LogP contribution in [0.4, 0.5) is 0 Å². The lowest BCUT2D eigenvalue weighted by Crippen LogP contribution is -1.97. The largest absolute Gasteiger partial charge is 0.478 e. The minimum atomic E-state index is -0.959. The Morgan fingerprint density at radius 1 is 1.20 bits per heavy atom. The van der Waals surface area contributed by atoms with Crippen molar-refractivity contribution < 1.29 is 14.7 Å². The molecule has 2 aromatic rings. The molecule has 74 valence electrons. The van der Waals surface area contributed by atoms with Crippen molar-refractivity contribution >= 4 is 23.0 Å². The maximum Gasteiger partial charge on any atom is 0.336 e. The van der Waals surface area contributed by atoms with E-state index in [1.165, 1.54) is 0 Å². The monoisotopic (exact) mass is 200 g/mol. The average molecular weight is 200 g/mol. The molecular formula is C12H8O3. The second-order valence-corrected chi connectivity index (χ2v) is 3.21. The summed E-state index contributed by atoms with van der Waals surface area (Å²) in [6, 6.07) is 9.94. The van der Waals surface area contributed by atoms with Crippen molar-refractivity contribution in [1.82, 2.24) is 0 Å². The van der Waals surface area contributed by atoms with Gasteiger partial charge in [0, 0.05) is 5.56 Å². The van der Waals surface area contributed by atoms with E-state index >= 15 is 0 Å². The van der Waals surface area contributed by atoms with Gasteiger partial charge in [-0.15, -0.1) is 0 Å². The first-order chi connectivity index (χ1) is 7.22. The molecule has 3 nitrogen and oxygen atoms in total. The van der Waals surface area contributed by atoms with Crippen LogP contribution in [-0.2, 0) is 0 Å². The number of carbonyl (C=O) groups excluding carboxylic acids is 1. The van der Waals surface area contributed by atoms with Gasteiger partial charge in [0.1, 0.15) is 6.29 Å². The molecule has 0 saturated carbocycles. The lowest BCUT2D eigenvalue weighted by molar-refractivity contribution is 0.0699. The van der Waals surface area contributed by atoms with Crippen molar-refractivity contribution in [1.29, 1.82) is 0 Å². The second-order valence-electron chi connectivity index (χ2n) is 3.21. The number of rotatable bonds is 2. The van der Waals surface area contributed by atoms with Gasteiger partial charge in [0.2, 0.25) is 0 Å². The average Bonchev–Trinajstić information content (AvgIpc) is 2.27. The molecule has 0 aliphatic rings. The molecule has 15 heavy (non-hydrogen) atoms. The fraction of sp³-hybridized carbons (Fsp3) is 0. The first-order valence-corrected chi connectivity index (χ1v) is 4.43. The van der Waals surface area contributed by atoms with Crippen LogP contribution in [-0.4, -0.2) is 17.4 Å². The standard InChI is InChI=1S/C12H8O3/c13-7-8-4-5-10-9(6-8)2-1-3-11(10)12(14)15/h1-7H,(H,14,15). The quantitative estimate of drug-likeness (QED) is 0.757. The summed E-state index contributed by atoms with van der Waals surface area (Å²) in [6.07, 6.45) is 0.743. The van der Waals surface area contributed by atoms with Crippen molar-refractivity contribution in [3.63, 3.8) is 0 Å². The highest BCUT2D eigenvalue weighted by Gasteiger charge is 2.07. The van der Waals surface area contributed by atoms with E-state index in [1.807, 2.05) is 0 Å². The van der Waals surface area contributed by atoms with Gasteiger partial charge < -0.3 is 5.11 Å². The molecule has 0 bridgehead atoms. The molecule has 0 radical (unpaired) electrons. The van der Waals surface area contributed by atoms with Crippen molar-refractivity contribution in [2.24, 2.45) is 0 Å². The van der Waals surface area contributed by atoms with Crippen molar-refractivity contribution in [3.8, 4) is 0 Å². The van der Waals surface area contributed by atoms with Crippen LogP contribution < -0.4 is 0 Å². The van der Waals surface area contributed by atoms with Crippen molar-refractivity contribution in [2.75, 3.05) is 0 Å². The van der Waals surface area contributed by atoms with Crippen LogP contribution in [0.5, 0.6) is 0 Å². The van der Waals surface area contributed by atoms with Crippen LogP contribution in [0.1, 0.15) is 20.7 Å². The zero-order chi connectivity index (χ0) is 10.8. The highest BCUT2D eigenvalue weighted by Crippen LogP contribution is 2.19. The molecule has 0 saturated heterocycles. The number of aromatic carboxylic acids is 1. The second kappa shape index (κ2) is 3.53. The Balaban J connectivity index is 2.77. The number of aldehydes is 1. The number of carboxylic acid groups (broad SMARTS) is 1. The van der Waals surface area contributed by atoms with E-state index < -0.39 is 5.97 Å². The molecule has 0 amide bonds. The SMILES string of the molecule is O=Cc1ccc2c(C(=O)O)cccc2c1. The third-order valence-electron chi connectivity index (χ3n) is 2.27. The van der Waals surface area contributed by atoms with Gasteiger partial charge in [-0.1, -0.05) is 24.3 Å². The van der Waals surface area contributed by atoms with E-state index in [2.05, 4.69) is 0 Å². The molecule has 0 spiro atoms. The van der Waals surface area contributed by atoms with E-state index in [0.717, 1.165) is 11.7 Å². The Morgan fingerprint density at radius 2 is 2.00 bits per heavy atom. The van der Waals surface area contributed by atoms with E-state index in [4.69, 9.17) is 5.11 Å². The number of hydrogen-bond acceptors (Lipinski definition) is 2. The minimum absolute atomic E-state index is 0.255. The van der Waals surface area contributed by atoms with Gasteiger partial charge in [0.05, 0.1) is 5.56 Å². The molecule has 0 fully saturated rings. The lowest BCUT2D eigenvalue weighted by atomic mass is 10.0. The molecule has 0 unspecified atom stereocenters. The summed E-state index contributed by atoms with van der Waals surface area (Å²) in [6.45, 7) is 0. The fourth-order valence-corrected chi connectivity index (χ4v) is 1.56. The zero-order valence-corrected chi connectivity index (χ0v) is 7.81. The van der Waals surface area contributed by atoms with Gasteiger partial charge in [-0.25, -0.2) is 4.79 Å². The Labute approximate surface area is 86.0 Å². The normalized spacial score (nSPS) is 10.1. The van der Waals surface area contributed by atoms with E-state index in [0.29, 0.717) is 10.9 Å². The summed E-state index contributed by atoms with van der Waals surface area (Å²) >= 11 is 0. The summed E-state index contributed by atoms with van der Waals surface area (Å²) in [5, 5.41) is 10.4. The van der Waals surface area contributed by atoms with Gasteiger partial charge in [-0.2, -0.15) is 0 Å². The molecule has 0 aliphatic carbocycles. The topological polar surface area (TPSA) is 54.4 Å². The zero-order valence-electron chi connectivity index (χ0n) is 7.81. The summed E-state index contributed by atoms with van der Waals surface area (Å²) < 4.78 is 0. The smallest absolute Gasteiger partial charge is 0.336 e. The van der Waals surface area contributed by atoms with Crippen LogP contribution in [0.15, 0.2) is 36.4 Å². The summed E-state index contributed by atoms with van der Waals surface area (Å²) in [5.41, 5.74) is 0.801. The molecule has 0 heterocycles. The van der Waals surface area contributed by atoms with Crippen LogP contribution in [0.3, 0.4) is 0 Å². The molecule has 0 aromatic heterocycles. The van der Waals surface area contributed by atoms with Crippen LogP contribution in [0.2, 0.25) is 0 Å².